The van der Waals surface area contributed by atoms with Gasteiger partial charge in [-0.25, -0.2) is 0 Å². The van der Waals surface area contributed by atoms with E-state index in [1.807, 2.05) is 11.8 Å². The van der Waals surface area contributed by atoms with E-state index in [4.69, 9.17) is 4.99 Å². The van der Waals surface area contributed by atoms with Gasteiger partial charge in [-0.05, 0) is 33.1 Å². The van der Waals surface area contributed by atoms with Gasteiger partial charge in [-0.1, -0.05) is 31.5 Å². The normalized spacial score (nSPS) is 24.6. The molecule has 2 aliphatic rings. The summed E-state index contributed by atoms with van der Waals surface area (Å²) in [6.45, 7) is 6.71. The maximum Gasteiger partial charge on any atom is 0.157 e. The second-order valence-corrected chi connectivity index (χ2v) is 6.46. The van der Waals surface area contributed by atoms with E-state index in [0.29, 0.717) is 5.54 Å². The maximum absolute atomic E-state index is 4.92. The van der Waals surface area contributed by atoms with Crippen molar-refractivity contribution in [3.63, 3.8) is 0 Å². The summed E-state index contributed by atoms with van der Waals surface area (Å²) in [5, 5.41) is 4.75. The van der Waals surface area contributed by atoms with Crippen LogP contribution in [0.1, 0.15) is 52.9 Å². The highest BCUT2D eigenvalue weighted by atomic mass is 32.2. The lowest BCUT2D eigenvalue weighted by Gasteiger charge is -2.25. The van der Waals surface area contributed by atoms with E-state index in [2.05, 4.69) is 26.1 Å². The van der Waals surface area contributed by atoms with Gasteiger partial charge in [0, 0.05) is 11.3 Å². The lowest BCUT2D eigenvalue weighted by molar-refractivity contribution is 0.443. The standard InChI is InChI=1S/C12H22N2S/c1-4-11(2,3)13-10-14-12(9-15-10)7-5-6-8-12/h4-9H2,1-3H3,(H,13,14). The molecule has 1 spiro atoms. The van der Waals surface area contributed by atoms with Crippen LogP contribution < -0.4 is 5.32 Å². The molecule has 1 heterocycles. The molecule has 1 aliphatic carbocycles. The first-order chi connectivity index (χ1) is 7.05. The Labute approximate surface area is 97.3 Å². The molecule has 1 fully saturated rings. The molecule has 0 radical (unpaired) electrons. The molecule has 1 saturated carbocycles. The van der Waals surface area contributed by atoms with E-state index < -0.39 is 0 Å². The molecule has 2 nitrogen and oxygen atoms in total. The highest BCUT2D eigenvalue weighted by Crippen LogP contribution is 2.40. The molecule has 15 heavy (non-hydrogen) atoms. The minimum Gasteiger partial charge on any atom is -0.360 e. The fraction of sp³-hybridized carbons (Fsp3) is 0.917. The largest absolute Gasteiger partial charge is 0.360 e. The van der Waals surface area contributed by atoms with Crippen LogP contribution in [0.4, 0.5) is 0 Å². The van der Waals surface area contributed by atoms with E-state index >= 15 is 0 Å². The monoisotopic (exact) mass is 226 g/mol. The summed E-state index contributed by atoms with van der Waals surface area (Å²) in [6, 6.07) is 0. The molecule has 0 aromatic heterocycles. The van der Waals surface area contributed by atoms with Crippen molar-refractivity contribution >= 4 is 16.9 Å². The van der Waals surface area contributed by atoms with E-state index in [0.717, 1.165) is 6.42 Å². The third kappa shape index (κ3) is 2.49. The number of rotatable bonds is 2. The summed E-state index contributed by atoms with van der Waals surface area (Å²) in [5.74, 6) is 1.20. The van der Waals surface area contributed by atoms with Gasteiger partial charge in [0.2, 0.25) is 0 Å². The van der Waals surface area contributed by atoms with Gasteiger partial charge in [-0.15, -0.1) is 0 Å². The summed E-state index contributed by atoms with van der Waals surface area (Å²) < 4.78 is 0. The number of amidine groups is 1. The first-order valence-electron chi connectivity index (χ1n) is 6.06. The fourth-order valence-electron chi connectivity index (χ4n) is 2.21. The Kier molecular flexibility index (Phi) is 3.02. The third-order valence-corrected chi connectivity index (χ3v) is 4.83. The molecule has 1 N–H and O–H groups in total. The Hall–Kier alpha value is -0.180. The van der Waals surface area contributed by atoms with Crippen molar-refractivity contribution in [1.82, 2.24) is 5.32 Å². The molecule has 0 amide bonds. The number of aliphatic imine (C=N–C) groups is 1. The van der Waals surface area contributed by atoms with Gasteiger partial charge in [-0.3, -0.25) is 4.99 Å². The fourth-order valence-corrected chi connectivity index (χ4v) is 3.58. The Morgan fingerprint density at radius 3 is 2.67 bits per heavy atom. The molecule has 86 valence electrons. The first kappa shape index (κ1) is 11.3. The molecule has 3 heteroatoms. The van der Waals surface area contributed by atoms with Crippen LogP contribution in [0.5, 0.6) is 0 Å². The smallest absolute Gasteiger partial charge is 0.157 e. The SMILES string of the molecule is CCC(C)(C)NC1=NC2(CCCC2)CS1. The van der Waals surface area contributed by atoms with Gasteiger partial charge >= 0.3 is 0 Å². The highest BCUT2D eigenvalue weighted by Gasteiger charge is 2.38. The molecular weight excluding hydrogens is 204 g/mol. The van der Waals surface area contributed by atoms with Crippen LogP contribution in [0, 0.1) is 0 Å². The molecule has 0 bridgehead atoms. The minimum atomic E-state index is 0.190. The summed E-state index contributed by atoms with van der Waals surface area (Å²) in [4.78, 5) is 4.92. The average Bonchev–Trinajstić information content (AvgIpc) is 2.78. The van der Waals surface area contributed by atoms with E-state index in [9.17, 15) is 0 Å². The lowest BCUT2D eigenvalue weighted by atomic mass is 10.0. The van der Waals surface area contributed by atoms with Gasteiger partial charge < -0.3 is 5.32 Å². The number of thioether (sulfide) groups is 1. The zero-order chi connectivity index (χ0) is 10.9. The van der Waals surface area contributed by atoms with Gasteiger partial charge in [0.05, 0.1) is 5.54 Å². The van der Waals surface area contributed by atoms with Crippen molar-refractivity contribution in [3.05, 3.63) is 0 Å². The van der Waals surface area contributed by atoms with Crippen LogP contribution in [-0.2, 0) is 0 Å². The molecule has 1 aliphatic heterocycles. The molecule has 0 saturated heterocycles. The summed E-state index contributed by atoms with van der Waals surface area (Å²) in [6.07, 6.45) is 6.48. The van der Waals surface area contributed by atoms with Crippen LogP contribution in [-0.4, -0.2) is 22.0 Å². The Morgan fingerprint density at radius 1 is 1.40 bits per heavy atom. The molecule has 0 aromatic carbocycles. The van der Waals surface area contributed by atoms with Crippen molar-refractivity contribution in [2.45, 2.75) is 64.0 Å². The Balaban J connectivity index is 2.00. The quantitative estimate of drug-likeness (QED) is 0.782. The van der Waals surface area contributed by atoms with Gasteiger partial charge in [-0.2, -0.15) is 0 Å². The summed E-state index contributed by atoms with van der Waals surface area (Å²) in [7, 11) is 0. The van der Waals surface area contributed by atoms with Crippen molar-refractivity contribution < 1.29 is 0 Å². The van der Waals surface area contributed by atoms with Gasteiger partial charge in [0.25, 0.3) is 0 Å². The zero-order valence-corrected chi connectivity index (χ0v) is 10.9. The molecule has 2 rings (SSSR count). The molecule has 0 unspecified atom stereocenters. The van der Waals surface area contributed by atoms with Crippen LogP contribution in [0.3, 0.4) is 0 Å². The van der Waals surface area contributed by atoms with Crippen LogP contribution >= 0.6 is 11.8 Å². The molecular formula is C12H22N2S. The number of hydrogen-bond donors (Lipinski definition) is 1. The predicted molar refractivity (Wildman–Crippen MR) is 68.6 cm³/mol. The zero-order valence-electron chi connectivity index (χ0n) is 10.1. The van der Waals surface area contributed by atoms with Gasteiger partial charge in [0.1, 0.15) is 0 Å². The number of hydrogen-bond acceptors (Lipinski definition) is 3. The third-order valence-electron chi connectivity index (χ3n) is 3.68. The lowest BCUT2D eigenvalue weighted by Crippen LogP contribution is -2.41. The minimum absolute atomic E-state index is 0.190. The van der Waals surface area contributed by atoms with Crippen molar-refractivity contribution in [1.29, 1.82) is 0 Å². The van der Waals surface area contributed by atoms with Gasteiger partial charge in [0.15, 0.2) is 5.17 Å². The van der Waals surface area contributed by atoms with E-state index in [-0.39, 0.29) is 5.54 Å². The molecule has 0 atom stereocenters. The highest BCUT2D eigenvalue weighted by molar-refractivity contribution is 8.14. The van der Waals surface area contributed by atoms with Crippen LogP contribution in [0.15, 0.2) is 4.99 Å². The topological polar surface area (TPSA) is 24.4 Å². The summed E-state index contributed by atoms with van der Waals surface area (Å²) >= 11 is 1.92. The van der Waals surface area contributed by atoms with Crippen LogP contribution in [0.2, 0.25) is 0 Å². The maximum atomic E-state index is 4.92. The van der Waals surface area contributed by atoms with Crippen LogP contribution in [0.25, 0.3) is 0 Å². The Morgan fingerprint density at radius 2 is 2.07 bits per heavy atom. The predicted octanol–water partition coefficient (Wildman–Crippen LogP) is 3.18. The van der Waals surface area contributed by atoms with Crippen molar-refractivity contribution in [3.8, 4) is 0 Å². The van der Waals surface area contributed by atoms with Crippen molar-refractivity contribution in [2.24, 2.45) is 4.99 Å². The Bertz CT molecular complexity index is 265. The number of nitrogens with zero attached hydrogens (tertiary/aromatic N) is 1. The first-order valence-corrected chi connectivity index (χ1v) is 7.05. The summed E-state index contributed by atoms with van der Waals surface area (Å²) in [5.41, 5.74) is 0.507. The number of nitrogens with one attached hydrogen (secondary N) is 1. The molecule has 0 aromatic rings. The second-order valence-electron chi connectivity index (χ2n) is 5.50. The second kappa shape index (κ2) is 4.00. The van der Waals surface area contributed by atoms with E-state index in [1.165, 1.54) is 36.6 Å². The average molecular weight is 226 g/mol. The van der Waals surface area contributed by atoms with Crippen molar-refractivity contribution in [2.75, 3.05) is 5.75 Å². The van der Waals surface area contributed by atoms with E-state index in [1.54, 1.807) is 0 Å².